The first-order valence-corrected chi connectivity index (χ1v) is 8.77. The Hall–Kier alpha value is -2.64. The summed E-state index contributed by atoms with van der Waals surface area (Å²) in [6.45, 7) is 0. The van der Waals surface area contributed by atoms with Crippen LogP contribution in [0.15, 0.2) is 59.8 Å². The van der Waals surface area contributed by atoms with Crippen LogP contribution in [0.2, 0.25) is 0 Å². The van der Waals surface area contributed by atoms with Crippen LogP contribution in [0.5, 0.6) is 0 Å². The Morgan fingerprint density at radius 2 is 1.92 bits per heavy atom. The summed E-state index contributed by atoms with van der Waals surface area (Å²) < 4.78 is 0. The molecular weight excluding hydrogens is 336 g/mol. The summed E-state index contributed by atoms with van der Waals surface area (Å²) in [6.07, 6.45) is 0.312. The van der Waals surface area contributed by atoms with E-state index in [9.17, 15) is 4.79 Å². The zero-order valence-electron chi connectivity index (χ0n) is 13.4. The first-order valence-electron chi connectivity index (χ1n) is 7.78. The van der Waals surface area contributed by atoms with E-state index in [4.69, 9.17) is 10.8 Å². The predicted octanol–water partition coefficient (Wildman–Crippen LogP) is 2.72. The van der Waals surface area contributed by atoms with Gasteiger partial charge in [-0.3, -0.25) is 9.89 Å². The van der Waals surface area contributed by atoms with Gasteiger partial charge in [0.2, 0.25) is 5.16 Å². The normalized spacial score (nSPS) is 12.0. The third-order valence-electron chi connectivity index (χ3n) is 3.64. The lowest BCUT2D eigenvalue weighted by molar-refractivity contribution is -0.138. The highest BCUT2D eigenvalue weighted by atomic mass is 32.2. The summed E-state index contributed by atoms with van der Waals surface area (Å²) in [5, 5.41) is 16.8. The van der Waals surface area contributed by atoms with Crippen molar-refractivity contribution in [3.8, 4) is 11.4 Å². The Kier molecular flexibility index (Phi) is 5.47. The third kappa shape index (κ3) is 4.68. The average Bonchev–Trinajstić information content (AvgIpc) is 3.10. The summed E-state index contributed by atoms with van der Waals surface area (Å²) in [5.74, 6) is 0.445. The molecular formula is C18H18N4O2S. The second kappa shape index (κ2) is 7.96. The molecule has 0 saturated carbocycles. The van der Waals surface area contributed by atoms with Crippen molar-refractivity contribution in [1.82, 2.24) is 15.2 Å². The number of hydrogen-bond acceptors (Lipinski definition) is 5. The number of carboxylic acids is 1. The number of H-pyrrole nitrogens is 1. The number of aliphatic carboxylic acids is 1. The van der Waals surface area contributed by atoms with Crippen LogP contribution in [-0.4, -0.2) is 32.3 Å². The largest absolute Gasteiger partial charge is 0.480 e. The molecule has 1 heterocycles. The molecule has 0 saturated heterocycles. The van der Waals surface area contributed by atoms with Gasteiger partial charge in [-0.2, -0.15) is 0 Å². The van der Waals surface area contributed by atoms with Gasteiger partial charge in [0.15, 0.2) is 5.82 Å². The van der Waals surface area contributed by atoms with Gasteiger partial charge in [-0.05, 0) is 17.5 Å². The molecule has 3 aromatic rings. The van der Waals surface area contributed by atoms with Gasteiger partial charge in [0.05, 0.1) is 0 Å². The van der Waals surface area contributed by atoms with E-state index in [2.05, 4.69) is 15.2 Å². The van der Waals surface area contributed by atoms with Gasteiger partial charge < -0.3 is 10.8 Å². The van der Waals surface area contributed by atoms with E-state index in [-0.39, 0.29) is 0 Å². The summed E-state index contributed by atoms with van der Waals surface area (Å²) >= 11 is 1.52. The number of carboxylic acid groups (broad SMARTS) is 1. The van der Waals surface area contributed by atoms with Crippen LogP contribution in [0.1, 0.15) is 11.1 Å². The Balaban J connectivity index is 1.62. The standard InChI is InChI=1S/C18H18N4O2S/c19-15(17(23)24)10-12-5-4-6-13(9-12)11-25-18-20-16(21-22-18)14-7-2-1-3-8-14/h1-9,15H,10-11,19H2,(H,23,24)(H,20,21,22)/t15-/m0/s1. The maximum absolute atomic E-state index is 10.9. The molecule has 0 aliphatic heterocycles. The van der Waals surface area contributed by atoms with E-state index in [1.807, 2.05) is 54.6 Å². The zero-order valence-corrected chi connectivity index (χ0v) is 14.2. The topological polar surface area (TPSA) is 105 Å². The number of benzene rings is 2. The number of aromatic amines is 1. The van der Waals surface area contributed by atoms with E-state index >= 15 is 0 Å². The number of rotatable bonds is 7. The van der Waals surface area contributed by atoms with Gasteiger partial charge in [0, 0.05) is 11.3 Å². The van der Waals surface area contributed by atoms with Crippen LogP contribution < -0.4 is 5.73 Å². The molecule has 0 aliphatic carbocycles. The van der Waals surface area contributed by atoms with Crippen LogP contribution in [0.3, 0.4) is 0 Å². The first kappa shape index (κ1) is 17.2. The van der Waals surface area contributed by atoms with Crippen molar-refractivity contribution in [1.29, 1.82) is 0 Å². The maximum atomic E-state index is 10.9. The third-order valence-corrected chi connectivity index (χ3v) is 4.56. The van der Waals surface area contributed by atoms with E-state index in [1.165, 1.54) is 11.8 Å². The molecule has 6 nitrogen and oxygen atoms in total. The second-order valence-corrected chi connectivity index (χ2v) is 6.53. The Morgan fingerprint density at radius 3 is 2.68 bits per heavy atom. The molecule has 0 aliphatic rings. The molecule has 0 amide bonds. The number of aromatic nitrogens is 3. The van der Waals surface area contributed by atoms with Crippen LogP contribution in [0.4, 0.5) is 0 Å². The fourth-order valence-corrected chi connectivity index (χ4v) is 3.11. The molecule has 7 heteroatoms. The van der Waals surface area contributed by atoms with Gasteiger partial charge in [-0.15, -0.1) is 5.10 Å². The lowest BCUT2D eigenvalue weighted by atomic mass is 10.0. The summed E-state index contributed by atoms with van der Waals surface area (Å²) in [7, 11) is 0. The summed E-state index contributed by atoms with van der Waals surface area (Å²) in [6, 6.07) is 16.7. The lowest BCUT2D eigenvalue weighted by Gasteiger charge is -2.07. The summed E-state index contributed by atoms with van der Waals surface area (Å²) in [4.78, 5) is 15.4. The summed E-state index contributed by atoms with van der Waals surface area (Å²) in [5.41, 5.74) is 8.57. The van der Waals surface area contributed by atoms with Crippen molar-refractivity contribution in [3.05, 3.63) is 65.7 Å². The van der Waals surface area contributed by atoms with Gasteiger partial charge in [0.1, 0.15) is 6.04 Å². The minimum Gasteiger partial charge on any atom is -0.480 e. The Morgan fingerprint density at radius 1 is 1.16 bits per heavy atom. The van der Waals surface area contributed by atoms with Gasteiger partial charge >= 0.3 is 5.97 Å². The van der Waals surface area contributed by atoms with Crippen LogP contribution >= 0.6 is 11.8 Å². The molecule has 0 bridgehead atoms. The molecule has 0 spiro atoms. The van der Waals surface area contributed by atoms with Crippen molar-refractivity contribution in [2.24, 2.45) is 5.73 Å². The molecule has 0 radical (unpaired) electrons. The van der Waals surface area contributed by atoms with Crippen molar-refractivity contribution in [2.45, 2.75) is 23.4 Å². The molecule has 0 unspecified atom stereocenters. The molecule has 1 aromatic heterocycles. The number of hydrogen-bond donors (Lipinski definition) is 3. The van der Waals surface area contributed by atoms with E-state index < -0.39 is 12.0 Å². The van der Waals surface area contributed by atoms with E-state index in [0.717, 1.165) is 22.5 Å². The zero-order chi connectivity index (χ0) is 17.6. The highest BCUT2D eigenvalue weighted by Gasteiger charge is 2.12. The Bertz CT molecular complexity index is 851. The number of thioether (sulfide) groups is 1. The monoisotopic (exact) mass is 354 g/mol. The van der Waals surface area contributed by atoms with Crippen molar-refractivity contribution in [3.63, 3.8) is 0 Å². The maximum Gasteiger partial charge on any atom is 0.320 e. The van der Waals surface area contributed by atoms with E-state index in [0.29, 0.717) is 17.3 Å². The highest BCUT2D eigenvalue weighted by Crippen LogP contribution is 2.22. The lowest BCUT2D eigenvalue weighted by Crippen LogP contribution is -2.32. The minimum atomic E-state index is -0.992. The number of nitrogens with two attached hydrogens (primary N) is 1. The van der Waals surface area contributed by atoms with Gasteiger partial charge in [-0.1, -0.05) is 66.4 Å². The fourth-order valence-electron chi connectivity index (χ4n) is 2.37. The molecule has 25 heavy (non-hydrogen) atoms. The van der Waals surface area contributed by atoms with Crippen LogP contribution in [-0.2, 0) is 17.0 Å². The van der Waals surface area contributed by atoms with Crippen LogP contribution in [0.25, 0.3) is 11.4 Å². The number of carbonyl (C=O) groups is 1. The SMILES string of the molecule is N[C@@H](Cc1cccc(CSc2n[nH]c(-c3ccccc3)n2)c1)C(=O)O. The molecule has 128 valence electrons. The fraction of sp³-hybridized carbons (Fsp3) is 0.167. The van der Waals surface area contributed by atoms with Crippen molar-refractivity contribution >= 4 is 17.7 Å². The Labute approximate surface area is 149 Å². The van der Waals surface area contributed by atoms with E-state index in [1.54, 1.807) is 0 Å². The molecule has 3 rings (SSSR count). The second-order valence-electron chi connectivity index (χ2n) is 5.59. The van der Waals surface area contributed by atoms with Crippen molar-refractivity contribution < 1.29 is 9.90 Å². The number of nitrogens with one attached hydrogen (secondary N) is 1. The predicted molar refractivity (Wildman–Crippen MR) is 97.1 cm³/mol. The smallest absolute Gasteiger partial charge is 0.320 e. The average molecular weight is 354 g/mol. The molecule has 4 N–H and O–H groups in total. The molecule has 1 atom stereocenters. The number of nitrogens with zero attached hydrogens (tertiary/aromatic N) is 2. The van der Waals surface area contributed by atoms with Gasteiger partial charge in [0.25, 0.3) is 0 Å². The molecule has 2 aromatic carbocycles. The highest BCUT2D eigenvalue weighted by molar-refractivity contribution is 7.98. The van der Waals surface area contributed by atoms with Crippen LogP contribution in [0, 0.1) is 0 Å². The quantitative estimate of drug-likeness (QED) is 0.564. The van der Waals surface area contributed by atoms with Gasteiger partial charge in [-0.25, -0.2) is 4.98 Å². The molecule has 0 fully saturated rings. The van der Waals surface area contributed by atoms with Crippen molar-refractivity contribution in [2.75, 3.05) is 0 Å². The minimum absolute atomic E-state index is 0.312. The first-order chi connectivity index (χ1) is 12.1.